The molecular formula is C20H19BrClNO4. The van der Waals surface area contributed by atoms with E-state index in [1.54, 1.807) is 18.2 Å². The SMILES string of the molecule is COc1cc(C=CC(=O)NC2CCOc3ccc(Br)cc32)cc(Cl)c1OC. The minimum absolute atomic E-state index is 0.0996. The number of carbonyl (C=O) groups is 1. The maximum atomic E-state index is 12.4. The van der Waals surface area contributed by atoms with Gasteiger partial charge in [-0.15, -0.1) is 0 Å². The summed E-state index contributed by atoms with van der Waals surface area (Å²) in [6.07, 6.45) is 3.88. The van der Waals surface area contributed by atoms with Gasteiger partial charge < -0.3 is 19.5 Å². The van der Waals surface area contributed by atoms with Crippen molar-refractivity contribution >= 4 is 39.5 Å². The Morgan fingerprint density at radius 1 is 1.30 bits per heavy atom. The number of nitrogens with one attached hydrogen (secondary N) is 1. The van der Waals surface area contributed by atoms with Crippen LogP contribution in [0, 0.1) is 0 Å². The summed E-state index contributed by atoms with van der Waals surface area (Å²) in [6.45, 7) is 0.564. The third-order valence-corrected chi connectivity index (χ3v) is 4.98. The summed E-state index contributed by atoms with van der Waals surface area (Å²) in [7, 11) is 3.06. The molecule has 142 valence electrons. The number of rotatable bonds is 5. The van der Waals surface area contributed by atoms with E-state index in [-0.39, 0.29) is 11.9 Å². The van der Waals surface area contributed by atoms with Crippen molar-refractivity contribution in [3.63, 3.8) is 0 Å². The molecule has 0 aromatic heterocycles. The second kappa shape index (κ2) is 8.67. The second-order valence-electron chi connectivity index (χ2n) is 5.95. The van der Waals surface area contributed by atoms with Crippen molar-refractivity contribution in [3.8, 4) is 17.2 Å². The normalized spacial score (nSPS) is 15.8. The van der Waals surface area contributed by atoms with Crippen molar-refractivity contribution in [2.45, 2.75) is 12.5 Å². The Bertz CT molecular complexity index is 885. The quantitative estimate of drug-likeness (QED) is 0.664. The van der Waals surface area contributed by atoms with Crippen molar-refractivity contribution < 1.29 is 19.0 Å². The molecular weight excluding hydrogens is 434 g/mol. The highest BCUT2D eigenvalue weighted by molar-refractivity contribution is 9.10. The molecule has 27 heavy (non-hydrogen) atoms. The van der Waals surface area contributed by atoms with E-state index >= 15 is 0 Å². The van der Waals surface area contributed by atoms with Gasteiger partial charge in [0.2, 0.25) is 5.91 Å². The summed E-state index contributed by atoms with van der Waals surface area (Å²) in [5.74, 6) is 1.57. The van der Waals surface area contributed by atoms with Gasteiger partial charge in [0.1, 0.15) is 5.75 Å². The van der Waals surface area contributed by atoms with Crippen LogP contribution in [0.5, 0.6) is 17.2 Å². The summed E-state index contributed by atoms with van der Waals surface area (Å²) in [6, 6.07) is 9.17. The molecule has 1 unspecified atom stereocenters. The van der Waals surface area contributed by atoms with Gasteiger partial charge in [-0.05, 0) is 42.0 Å². The monoisotopic (exact) mass is 451 g/mol. The predicted molar refractivity (Wildman–Crippen MR) is 109 cm³/mol. The number of ether oxygens (including phenoxy) is 3. The standard InChI is InChI=1S/C20H19BrClNO4/c1-25-18-10-12(9-15(22)20(18)26-2)3-6-19(24)23-16-7-8-27-17-5-4-13(21)11-14(16)17/h3-6,9-11,16H,7-8H2,1-2H3,(H,23,24). The van der Waals surface area contributed by atoms with Crippen LogP contribution in [0.4, 0.5) is 0 Å². The van der Waals surface area contributed by atoms with Crippen molar-refractivity contribution in [1.82, 2.24) is 5.32 Å². The third kappa shape index (κ3) is 4.57. The lowest BCUT2D eigenvalue weighted by Crippen LogP contribution is -2.31. The molecule has 0 spiro atoms. The fourth-order valence-electron chi connectivity index (χ4n) is 2.94. The van der Waals surface area contributed by atoms with Crippen molar-refractivity contribution in [2.24, 2.45) is 0 Å². The third-order valence-electron chi connectivity index (χ3n) is 4.21. The van der Waals surface area contributed by atoms with Crippen LogP contribution in [-0.2, 0) is 4.79 Å². The number of methoxy groups -OCH3 is 2. The average molecular weight is 453 g/mol. The van der Waals surface area contributed by atoms with E-state index in [0.29, 0.717) is 29.5 Å². The largest absolute Gasteiger partial charge is 0.493 e. The van der Waals surface area contributed by atoms with Crippen LogP contribution in [-0.4, -0.2) is 26.7 Å². The smallest absolute Gasteiger partial charge is 0.244 e. The van der Waals surface area contributed by atoms with Crippen LogP contribution >= 0.6 is 27.5 Å². The average Bonchev–Trinajstić information content (AvgIpc) is 2.66. The molecule has 0 bridgehead atoms. The van der Waals surface area contributed by atoms with E-state index in [0.717, 1.165) is 21.3 Å². The van der Waals surface area contributed by atoms with Gasteiger partial charge in [-0.25, -0.2) is 0 Å². The van der Waals surface area contributed by atoms with E-state index < -0.39 is 0 Å². The van der Waals surface area contributed by atoms with Crippen molar-refractivity contribution in [1.29, 1.82) is 0 Å². The van der Waals surface area contributed by atoms with E-state index in [4.69, 9.17) is 25.8 Å². The lowest BCUT2D eigenvalue weighted by molar-refractivity contribution is -0.117. The van der Waals surface area contributed by atoms with Crippen LogP contribution in [0.2, 0.25) is 5.02 Å². The first kappa shape index (κ1) is 19.6. The van der Waals surface area contributed by atoms with E-state index in [2.05, 4.69) is 21.2 Å². The number of carbonyl (C=O) groups excluding carboxylic acids is 1. The molecule has 3 rings (SSSR count). The molecule has 1 aliphatic heterocycles. The highest BCUT2D eigenvalue weighted by atomic mass is 79.9. The molecule has 1 aliphatic rings. The Labute approximate surface area is 171 Å². The first-order chi connectivity index (χ1) is 13.0. The fourth-order valence-corrected chi connectivity index (χ4v) is 3.62. The highest BCUT2D eigenvalue weighted by Gasteiger charge is 2.22. The number of hydrogen-bond donors (Lipinski definition) is 1. The molecule has 7 heteroatoms. The van der Waals surface area contributed by atoms with Crippen LogP contribution in [0.3, 0.4) is 0 Å². The van der Waals surface area contributed by atoms with Gasteiger partial charge in [-0.3, -0.25) is 4.79 Å². The van der Waals surface area contributed by atoms with Crippen molar-refractivity contribution in [2.75, 3.05) is 20.8 Å². The Balaban J connectivity index is 1.74. The molecule has 1 N–H and O–H groups in total. The zero-order valence-corrected chi connectivity index (χ0v) is 17.3. The molecule has 0 saturated carbocycles. The zero-order chi connectivity index (χ0) is 19.4. The fraction of sp³-hybridized carbons (Fsp3) is 0.250. The summed E-state index contributed by atoms with van der Waals surface area (Å²) in [4.78, 5) is 12.4. The molecule has 1 atom stereocenters. The maximum absolute atomic E-state index is 12.4. The second-order valence-corrected chi connectivity index (χ2v) is 7.27. The van der Waals surface area contributed by atoms with Crippen LogP contribution in [0.1, 0.15) is 23.6 Å². The zero-order valence-electron chi connectivity index (χ0n) is 14.9. The van der Waals surface area contributed by atoms with Gasteiger partial charge in [0.25, 0.3) is 0 Å². The van der Waals surface area contributed by atoms with Gasteiger partial charge in [0.15, 0.2) is 11.5 Å². The first-order valence-corrected chi connectivity index (χ1v) is 9.51. The lowest BCUT2D eigenvalue weighted by Gasteiger charge is -2.26. The van der Waals surface area contributed by atoms with Crippen LogP contribution < -0.4 is 19.5 Å². The molecule has 5 nitrogen and oxygen atoms in total. The van der Waals surface area contributed by atoms with E-state index in [1.807, 2.05) is 18.2 Å². The number of benzene rings is 2. The van der Waals surface area contributed by atoms with Crippen LogP contribution in [0.25, 0.3) is 6.08 Å². The van der Waals surface area contributed by atoms with E-state index in [9.17, 15) is 4.79 Å². The summed E-state index contributed by atoms with van der Waals surface area (Å²) in [5, 5.41) is 3.44. The summed E-state index contributed by atoms with van der Waals surface area (Å²) < 4.78 is 17.1. The predicted octanol–water partition coefficient (Wildman–Crippen LogP) is 4.77. The number of halogens is 2. The topological polar surface area (TPSA) is 56.8 Å². The number of hydrogen-bond acceptors (Lipinski definition) is 4. The summed E-state index contributed by atoms with van der Waals surface area (Å²) in [5.41, 5.74) is 1.70. The Morgan fingerprint density at radius 2 is 2.11 bits per heavy atom. The molecule has 0 aliphatic carbocycles. The minimum atomic E-state index is -0.196. The first-order valence-electron chi connectivity index (χ1n) is 8.34. The molecule has 0 saturated heterocycles. The van der Waals surface area contributed by atoms with Gasteiger partial charge in [-0.1, -0.05) is 27.5 Å². The molecule has 2 aromatic rings. The lowest BCUT2D eigenvalue weighted by atomic mass is 10.0. The van der Waals surface area contributed by atoms with Gasteiger partial charge >= 0.3 is 0 Å². The van der Waals surface area contributed by atoms with Gasteiger partial charge in [0, 0.05) is 22.5 Å². The van der Waals surface area contributed by atoms with Crippen molar-refractivity contribution in [3.05, 3.63) is 57.0 Å². The highest BCUT2D eigenvalue weighted by Crippen LogP contribution is 2.36. The number of amides is 1. The van der Waals surface area contributed by atoms with Gasteiger partial charge in [-0.2, -0.15) is 0 Å². The molecule has 1 heterocycles. The molecule has 0 radical (unpaired) electrons. The minimum Gasteiger partial charge on any atom is -0.493 e. The van der Waals surface area contributed by atoms with Gasteiger partial charge in [0.05, 0.1) is 31.9 Å². The Kier molecular flexibility index (Phi) is 6.29. The Hall–Kier alpha value is -2.18. The van der Waals surface area contributed by atoms with Crippen LogP contribution in [0.15, 0.2) is 40.9 Å². The Morgan fingerprint density at radius 3 is 2.85 bits per heavy atom. The summed E-state index contributed by atoms with van der Waals surface area (Å²) >= 11 is 9.66. The maximum Gasteiger partial charge on any atom is 0.244 e. The molecule has 1 amide bonds. The molecule has 2 aromatic carbocycles. The number of fused-ring (bicyclic) bond motifs is 1. The molecule has 0 fully saturated rings. The van der Waals surface area contributed by atoms with E-state index in [1.165, 1.54) is 20.3 Å².